The first-order valence-corrected chi connectivity index (χ1v) is 25.9. The van der Waals surface area contributed by atoms with Crippen molar-refractivity contribution in [1.29, 1.82) is 0 Å². The molecule has 6 aromatic carbocycles. The highest BCUT2D eigenvalue weighted by atomic mass is 16.6. The molecular formula is C59H78O7. The van der Waals surface area contributed by atoms with Crippen molar-refractivity contribution < 1.29 is 33.2 Å². The van der Waals surface area contributed by atoms with Gasteiger partial charge in [-0.1, -0.05) is 167 Å². The summed E-state index contributed by atoms with van der Waals surface area (Å²) >= 11 is 0. The maximum absolute atomic E-state index is 14.3. The second-order valence-corrected chi connectivity index (χ2v) is 18.0. The Morgan fingerprint density at radius 1 is 0.333 bits per heavy atom. The number of benzene rings is 6. The fourth-order valence-electron chi connectivity index (χ4n) is 8.77. The molecule has 0 saturated heterocycles. The smallest absolute Gasteiger partial charge is 0.344 e. The van der Waals surface area contributed by atoms with Gasteiger partial charge in [0.2, 0.25) is 0 Å². The molecule has 0 atom stereocenters. The van der Waals surface area contributed by atoms with Crippen LogP contribution in [0.3, 0.4) is 0 Å². The number of fused-ring (bicyclic) bond motifs is 7. The van der Waals surface area contributed by atoms with E-state index in [0.29, 0.717) is 50.1 Å². The van der Waals surface area contributed by atoms with Gasteiger partial charge < -0.3 is 28.4 Å². The van der Waals surface area contributed by atoms with Crippen molar-refractivity contribution >= 4 is 49.1 Å². The van der Waals surface area contributed by atoms with Crippen LogP contribution in [0.25, 0.3) is 43.1 Å². The summed E-state index contributed by atoms with van der Waals surface area (Å²) < 4.78 is 39.7. The number of unbranched alkanes of at least 4 members (excludes halogenated alkanes) is 15. The van der Waals surface area contributed by atoms with Crippen LogP contribution in [-0.2, 0) is 0 Å². The van der Waals surface area contributed by atoms with Crippen molar-refractivity contribution in [1.82, 2.24) is 0 Å². The summed E-state index contributed by atoms with van der Waals surface area (Å²) in [6.07, 6.45) is 22.0. The van der Waals surface area contributed by atoms with Crippen LogP contribution in [0.2, 0.25) is 0 Å². The van der Waals surface area contributed by atoms with Gasteiger partial charge >= 0.3 is 5.97 Å². The van der Waals surface area contributed by atoms with Crippen molar-refractivity contribution in [3.05, 3.63) is 84.4 Å². The first-order chi connectivity index (χ1) is 32.5. The van der Waals surface area contributed by atoms with Gasteiger partial charge in [0.1, 0.15) is 0 Å². The minimum atomic E-state index is -0.429. The van der Waals surface area contributed by atoms with E-state index in [-0.39, 0.29) is 0 Å². The Morgan fingerprint density at radius 3 is 0.985 bits per heavy atom. The highest BCUT2D eigenvalue weighted by Crippen LogP contribution is 2.47. The predicted molar refractivity (Wildman–Crippen MR) is 276 cm³/mol. The Bertz CT molecular complexity index is 2360. The third kappa shape index (κ3) is 13.9. The van der Waals surface area contributed by atoms with Crippen LogP contribution in [0.1, 0.15) is 173 Å². The molecule has 0 aliphatic carbocycles. The van der Waals surface area contributed by atoms with E-state index in [4.69, 9.17) is 28.4 Å². The molecule has 0 aliphatic rings. The summed E-state index contributed by atoms with van der Waals surface area (Å²) in [5.41, 5.74) is 0.507. The molecule has 0 saturated carbocycles. The first kappa shape index (κ1) is 50.2. The largest absolute Gasteiger partial charge is 0.490 e. The molecule has 0 radical (unpaired) electrons. The van der Waals surface area contributed by atoms with Crippen molar-refractivity contribution in [3.63, 3.8) is 0 Å². The molecular weight excluding hydrogens is 821 g/mol. The lowest BCUT2D eigenvalue weighted by molar-refractivity contribution is 0.0730. The van der Waals surface area contributed by atoms with Crippen LogP contribution in [-0.4, -0.2) is 39.0 Å². The molecule has 0 aromatic heterocycles. The van der Waals surface area contributed by atoms with Crippen molar-refractivity contribution in [3.8, 4) is 34.5 Å². The van der Waals surface area contributed by atoms with Gasteiger partial charge in [0.15, 0.2) is 34.5 Å². The number of rotatable bonds is 32. The Labute approximate surface area is 395 Å². The molecule has 0 aliphatic heterocycles. The number of esters is 1. The van der Waals surface area contributed by atoms with E-state index < -0.39 is 5.97 Å². The Hall–Kier alpha value is -5.17. The SMILES string of the molecule is CCCCCCOc1cc2c3cc(OCCCCCC)c(OCCCCCC)cc3c3cc(OC(=O)c4cccc5ccccc45)c(OCCCCCC)cc3c2cc1OCCCCCC. The van der Waals surface area contributed by atoms with E-state index in [1.807, 2.05) is 48.5 Å². The molecule has 6 rings (SSSR count). The molecule has 0 fully saturated rings. The Balaban J connectivity index is 1.57. The summed E-state index contributed by atoms with van der Waals surface area (Å²) in [7, 11) is 0. The van der Waals surface area contributed by atoms with E-state index in [0.717, 1.165) is 150 Å². The lowest BCUT2D eigenvalue weighted by Crippen LogP contribution is -2.11. The average Bonchev–Trinajstić information content (AvgIpc) is 3.33. The van der Waals surface area contributed by atoms with Crippen LogP contribution < -0.4 is 28.4 Å². The van der Waals surface area contributed by atoms with Crippen molar-refractivity contribution in [2.24, 2.45) is 0 Å². The monoisotopic (exact) mass is 899 g/mol. The molecule has 0 bridgehead atoms. The van der Waals surface area contributed by atoms with Gasteiger partial charge in [-0.3, -0.25) is 0 Å². The van der Waals surface area contributed by atoms with Crippen LogP contribution in [0.4, 0.5) is 0 Å². The second kappa shape index (κ2) is 27.5. The summed E-state index contributed by atoms with van der Waals surface area (Å²) in [6, 6.07) is 26.4. The van der Waals surface area contributed by atoms with Crippen molar-refractivity contribution in [2.45, 2.75) is 163 Å². The fourth-order valence-corrected chi connectivity index (χ4v) is 8.77. The molecule has 0 unspecified atom stereocenters. The van der Waals surface area contributed by atoms with Crippen LogP contribution in [0.15, 0.2) is 78.9 Å². The number of carbonyl (C=O) groups excluding carboxylic acids is 1. The quantitative estimate of drug-likeness (QED) is 0.0181. The number of hydrogen-bond donors (Lipinski definition) is 0. The summed E-state index contributed by atoms with van der Waals surface area (Å²) in [6.45, 7) is 14.1. The molecule has 7 nitrogen and oxygen atoms in total. The minimum Gasteiger partial charge on any atom is -0.490 e. The highest BCUT2D eigenvalue weighted by Gasteiger charge is 2.22. The number of carbonyl (C=O) groups is 1. The van der Waals surface area contributed by atoms with Crippen LogP contribution >= 0.6 is 0 Å². The zero-order valence-corrected chi connectivity index (χ0v) is 41.0. The van der Waals surface area contributed by atoms with Gasteiger partial charge in [0, 0.05) is 0 Å². The van der Waals surface area contributed by atoms with Gasteiger partial charge in [0.25, 0.3) is 0 Å². The first-order valence-electron chi connectivity index (χ1n) is 25.9. The second-order valence-electron chi connectivity index (χ2n) is 18.0. The molecule has 356 valence electrons. The molecule has 6 aromatic rings. The molecule has 0 heterocycles. The van der Waals surface area contributed by atoms with E-state index >= 15 is 0 Å². The zero-order chi connectivity index (χ0) is 46.4. The van der Waals surface area contributed by atoms with Crippen LogP contribution in [0.5, 0.6) is 34.5 Å². The van der Waals surface area contributed by atoms with Crippen molar-refractivity contribution in [2.75, 3.05) is 33.0 Å². The third-order valence-corrected chi connectivity index (χ3v) is 12.6. The van der Waals surface area contributed by atoms with E-state index in [1.54, 1.807) is 0 Å². The molecule has 0 spiro atoms. The lowest BCUT2D eigenvalue weighted by atomic mass is 9.93. The number of hydrogen-bond acceptors (Lipinski definition) is 7. The molecule has 0 amide bonds. The van der Waals surface area contributed by atoms with Gasteiger partial charge in [-0.25, -0.2) is 4.79 Å². The van der Waals surface area contributed by atoms with E-state index in [2.05, 4.69) is 65.0 Å². The summed E-state index contributed by atoms with van der Waals surface area (Å²) in [5.74, 6) is 3.44. The van der Waals surface area contributed by atoms with Crippen LogP contribution in [0, 0.1) is 0 Å². The van der Waals surface area contributed by atoms with Gasteiger partial charge in [0.05, 0.1) is 38.6 Å². The van der Waals surface area contributed by atoms with Gasteiger partial charge in [-0.2, -0.15) is 0 Å². The third-order valence-electron chi connectivity index (χ3n) is 12.6. The number of ether oxygens (including phenoxy) is 6. The molecule has 0 N–H and O–H groups in total. The molecule has 66 heavy (non-hydrogen) atoms. The predicted octanol–water partition coefficient (Wildman–Crippen LogP) is 17.3. The lowest BCUT2D eigenvalue weighted by Gasteiger charge is -2.20. The minimum absolute atomic E-state index is 0.384. The Kier molecular flexibility index (Phi) is 20.9. The molecule has 7 heteroatoms. The normalized spacial score (nSPS) is 11.5. The topological polar surface area (TPSA) is 72.5 Å². The maximum atomic E-state index is 14.3. The summed E-state index contributed by atoms with van der Waals surface area (Å²) in [4.78, 5) is 14.3. The van der Waals surface area contributed by atoms with E-state index in [1.165, 1.54) is 44.9 Å². The standard InChI is InChI=1S/C59H78O7/c1-6-11-16-23-33-61-53-38-47-48-39-54(62-34-24-17-12-7-2)56(64-36-26-19-14-9-4)41-50(48)52-43-58(66-59(60)46-32-28-30-44-29-21-22-31-45(44)46)57(65-37-27-20-15-10-5)42-51(52)49(47)40-55(53)63-35-25-18-13-8-3/h21-22,28-32,38-43H,6-20,23-27,33-37H2,1-5H3. The highest BCUT2D eigenvalue weighted by molar-refractivity contribution is 6.27. The van der Waals surface area contributed by atoms with Gasteiger partial charge in [-0.05, 0) is 118 Å². The summed E-state index contributed by atoms with van der Waals surface area (Å²) in [5, 5.41) is 7.72. The maximum Gasteiger partial charge on any atom is 0.344 e. The zero-order valence-electron chi connectivity index (χ0n) is 41.0. The van der Waals surface area contributed by atoms with E-state index in [9.17, 15) is 4.79 Å². The Morgan fingerprint density at radius 2 is 0.636 bits per heavy atom. The van der Waals surface area contributed by atoms with Gasteiger partial charge in [-0.15, -0.1) is 0 Å². The average molecular weight is 899 g/mol. The fraction of sp³-hybridized carbons (Fsp3) is 0.508.